The highest BCUT2D eigenvalue weighted by Crippen LogP contribution is 2.03. The molecule has 2 unspecified atom stereocenters. The number of amides is 4. The van der Waals surface area contributed by atoms with Crippen LogP contribution in [0.4, 0.5) is 0 Å². The molecule has 0 aliphatic carbocycles. The average molecular weight is 388 g/mol. The summed E-state index contributed by atoms with van der Waals surface area (Å²) in [5.74, 6) is -5.30. The second-order valence-corrected chi connectivity index (χ2v) is 5.78. The molecule has 152 valence electrons. The molecule has 27 heavy (non-hydrogen) atoms. The lowest BCUT2D eigenvalue weighted by Gasteiger charge is -2.15. The van der Waals surface area contributed by atoms with Crippen molar-refractivity contribution in [2.45, 2.75) is 57.0 Å². The van der Waals surface area contributed by atoms with Crippen LogP contribution in [0.1, 0.15) is 44.9 Å². The molecule has 0 spiro atoms. The maximum atomic E-state index is 11.7. The predicted octanol–water partition coefficient (Wildman–Crippen LogP) is -2.17. The van der Waals surface area contributed by atoms with Crippen molar-refractivity contribution in [3.05, 3.63) is 0 Å². The van der Waals surface area contributed by atoms with Crippen LogP contribution < -0.4 is 22.1 Å². The number of carboxylic acids is 2. The summed E-state index contributed by atoms with van der Waals surface area (Å²) in [6.07, 6.45) is -1.03. The summed E-state index contributed by atoms with van der Waals surface area (Å²) in [5, 5.41) is 22.4. The van der Waals surface area contributed by atoms with Crippen LogP contribution in [0, 0.1) is 0 Å². The van der Waals surface area contributed by atoms with Gasteiger partial charge < -0.3 is 32.3 Å². The molecule has 8 N–H and O–H groups in total. The summed E-state index contributed by atoms with van der Waals surface area (Å²) in [6.45, 7) is 0. The van der Waals surface area contributed by atoms with Gasteiger partial charge in [-0.05, 0) is 19.3 Å². The standard InChI is InChI=1S/C15H24N4O8/c16-10(20)6-4-8(14(24)25)18-12(22)2-1-3-13(23)19-9(15(26)27)5-7-11(17)21/h8-9H,1-7H2,(H2,16,20)(H2,17,21)(H,18,22)(H,19,23)(H,24,25)(H,26,27). The minimum absolute atomic E-state index is 0.0436. The fourth-order valence-corrected chi connectivity index (χ4v) is 2.03. The Bertz CT molecular complexity index is 542. The van der Waals surface area contributed by atoms with E-state index in [0.29, 0.717) is 0 Å². The van der Waals surface area contributed by atoms with Gasteiger partial charge in [0.05, 0.1) is 0 Å². The lowest BCUT2D eigenvalue weighted by molar-refractivity contribution is -0.142. The first-order chi connectivity index (χ1) is 12.5. The van der Waals surface area contributed by atoms with Crippen LogP contribution >= 0.6 is 0 Å². The Kier molecular flexibility index (Phi) is 10.8. The third-order valence-corrected chi connectivity index (χ3v) is 3.43. The van der Waals surface area contributed by atoms with Gasteiger partial charge in [0.2, 0.25) is 23.6 Å². The molecule has 0 bridgehead atoms. The Hall–Kier alpha value is -3.18. The number of aliphatic carboxylic acids is 2. The van der Waals surface area contributed by atoms with Crippen LogP contribution in [-0.4, -0.2) is 57.9 Å². The molecule has 0 aliphatic rings. The monoisotopic (exact) mass is 388 g/mol. The second-order valence-electron chi connectivity index (χ2n) is 5.78. The first kappa shape index (κ1) is 23.8. The predicted molar refractivity (Wildman–Crippen MR) is 89.8 cm³/mol. The van der Waals surface area contributed by atoms with Crippen LogP contribution in [-0.2, 0) is 28.8 Å². The molecule has 0 fully saturated rings. The van der Waals surface area contributed by atoms with E-state index in [1.54, 1.807) is 0 Å². The highest BCUT2D eigenvalue weighted by atomic mass is 16.4. The molecule has 0 saturated carbocycles. The Morgan fingerprint density at radius 2 is 1.00 bits per heavy atom. The molecule has 0 aromatic heterocycles. The van der Waals surface area contributed by atoms with Crippen LogP contribution in [0.5, 0.6) is 0 Å². The number of primary amides is 2. The van der Waals surface area contributed by atoms with Gasteiger partial charge in [-0.25, -0.2) is 9.59 Å². The Morgan fingerprint density at radius 3 is 1.26 bits per heavy atom. The van der Waals surface area contributed by atoms with E-state index < -0.39 is 47.7 Å². The zero-order chi connectivity index (χ0) is 21.0. The summed E-state index contributed by atoms with van der Waals surface area (Å²) in [6, 6.07) is -2.55. The van der Waals surface area contributed by atoms with E-state index in [2.05, 4.69) is 10.6 Å². The van der Waals surface area contributed by atoms with E-state index in [1.165, 1.54) is 0 Å². The lowest BCUT2D eigenvalue weighted by Crippen LogP contribution is -2.42. The van der Waals surface area contributed by atoms with Crippen molar-refractivity contribution in [1.82, 2.24) is 10.6 Å². The maximum absolute atomic E-state index is 11.7. The molecule has 0 saturated heterocycles. The number of nitrogens with one attached hydrogen (secondary N) is 2. The molecule has 0 radical (unpaired) electrons. The quantitative estimate of drug-likeness (QED) is 0.192. The van der Waals surface area contributed by atoms with E-state index in [4.69, 9.17) is 21.7 Å². The summed E-state index contributed by atoms with van der Waals surface area (Å²) in [4.78, 5) is 66.8. The summed E-state index contributed by atoms with van der Waals surface area (Å²) in [7, 11) is 0. The van der Waals surface area contributed by atoms with E-state index in [1.807, 2.05) is 0 Å². The fraction of sp³-hybridized carbons (Fsp3) is 0.600. The van der Waals surface area contributed by atoms with Crippen molar-refractivity contribution < 1.29 is 39.0 Å². The van der Waals surface area contributed by atoms with E-state index >= 15 is 0 Å². The molecule has 0 aromatic carbocycles. The van der Waals surface area contributed by atoms with Crippen molar-refractivity contribution in [1.29, 1.82) is 0 Å². The third-order valence-electron chi connectivity index (χ3n) is 3.43. The van der Waals surface area contributed by atoms with Gasteiger partial charge in [-0.2, -0.15) is 0 Å². The summed E-state index contributed by atoms with van der Waals surface area (Å²) >= 11 is 0. The molecule has 12 heteroatoms. The van der Waals surface area contributed by atoms with E-state index in [-0.39, 0.29) is 44.9 Å². The number of nitrogens with two attached hydrogens (primary N) is 2. The van der Waals surface area contributed by atoms with Gasteiger partial charge >= 0.3 is 11.9 Å². The number of hydrogen-bond acceptors (Lipinski definition) is 6. The van der Waals surface area contributed by atoms with Crippen LogP contribution in [0.15, 0.2) is 0 Å². The van der Waals surface area contributed by atoms with Crippen molar-refractivity contribution in [2.75, 3.05) is 0 Å². The van der Waals surface area contributed by atoms with Gasteiger partial charge in [0.25, 0.3) is 0 Å². The first-order valence-corrected chi connectivity index (χ1v) is 8.13. The van der Waals surface area contributed by atoms with Crippen molar-refractivity contribution in [3.63, 3.8) is 0 Å². The lowest BCUT2D eigenvalue weighted by atomic mass is 10.1. The van der Waals surface area contributed by atoms with Crippen molar-refractivity contribution in [3.8, 4) is 0 Å². The molecule has 0 aromatic rings. The SMILES string of the molecule is NC(=O)CCC(NC(=O)CCCC(=O)NC(CCC(N)=O)C(=O)O)C(=O)O. The first-order valence-electron chi connectivity index (χ1n) is 8.13. The minimum Gasteiger partial charge on any atom is -0.480 e. The van der Waals surface area contributed by atoms with E-state index in [0.717, 1.165) is 0 Å². The van der Waals surface area contributed by atoms with Crippen LogP contribution in [0.2, 0.25) is 0 Å². The topological polar surface area (TPSA) is 219 Å². The molecule has 12 nitrogen and oxygen atoms in total. The summed E-state index contributed by atoms with van der Waals surface area (Å²) < 4.78 is 0. The van der Waals surface area contributed by atoms with Gasteiger partial charge in [0.1, 0.15) is 12.1 Å². The minimum atomic E-state index is -1.32. The van der Waals surface area contributed by atoms with Crippen LogP contribution in [0.25, 0.3) is 0 Å². The van der Waals surface area contributed by atoms with Crippen molar-refractivity contribution in [2.24, 2.45) is 11.5 Å². The Morgan fingerprint density at radius 1 is 0.667 bits per heavy atom. The van der Waals surface area contributed by atoms with Gasteiger partial charge in [0.15, 0.2) is 0 Å². The van der Waals surface area contributed by atoms with Gasteiger partial charge in [-0.1, -0.05) is 0 Å². The smallest absolute Gasteiger partial charge is 0.326 e. The number of carbonyl (C=O) groups is 6. The Labute approximate surface area is 154 Å². The highest BCUT2D eigenvalue weighted by Gasteiger charge is 2.22. The molecule has 0 aliphatic heterocycles. The molecule has 4 amide bonds. The Balaban J connectivity index is 4.31. The highest BCUT2D eigenvalue weighted by molar-refractivity contribution is 5.86. The third kappa shape index (κ3) is 11.9. The number of carboxylic acid groups (broad SMARTS) is 2. The second kappa shape index (κ2) is 12.2. The zero-order valence-electron chi connectivity index (χ0n) is 14.6. The van der Waals surface area contributed by atoms with Crippen LogP contribution in [0.3, 0.4) is 0 Å². The molecule has 0 heterocycles. The van der Waals surface area contributed by atoms with Crippen molar-refractivity contribution >= 4 is 35.6 Å². The van der Waals surface area contributed by atoms with Gasteiger partial charge in [-0.15, -0.1) is 0 Å². The average Bonchev–Trinajstić information content (AvgIpc) is 2.54. The molecular formula is C15H24N4O8. The number of hydrogen-bond donors (Lipinski definition) is 6. The molecule has 0 rings (SSSR count). The molecule has 2 atom stereocenters. The fourth-order valence-electron chi connectivity index (χ4n) is 2.03. The van der Waals surface area contributed by atoms with Gasteiger partial charge in [0, 0.05) is 25.7 Å². The normalized spacial score (nSPS) is 12.4. The number of rotatable bonds is 14. The maximum Gasteiger partial charge on any atom is 0.326 e. The van der Waals surface area contributed by atoms with Gasteiger partial charge in [-0.3, -0.25) is 19.2 Å². The molecular weight excluding hydrogens is 364 g/mol. The summed E-state index contributed by atoms with van der Waals surface area (Å²) in [5.41, 5.74) is 9.86. The number of carbonyl (C=O) groups excluding carboxylic acids is 4. The largest absolute Gasteiger partial charge is 0.480 e. The van der Waals surface area contributed by atoms with E-state index in [9.17, 15) is 28.8 Å². The zero-order valence-corrected chi connectivity index (χ0v) is 14.6.